The maximum atomic E-state index is 10.3. The van der Waals surface area contributed by atoms with E-state index in [9.17, 15) is 5.11 Å². The Bertz CT molecular complexity index is 425. The number of ether oxygens (including phenoxy) is 1. The topological polar surface area (TPSA) is 42.4 Å². The molecule has 4 heteroatoms. The summed E-state index contributed by atoms with van der Waals surface area (Å²) in [5.74, 6) is 0.829. The molecule has 3 nitrogen and oxygen atoms in total. The molecular weight excluding hydrogens is 242 g/mol. The lowest BCUT2D eigenvalue weighted by Crippen LogP contribution is -2.40. The molecule has 0 saturated carbocycles. The summed E-state index contributed by atoms with van der Waals surface area (Å²) in [6.07, 6.45) is -0.461. The molecular formula is C14H25NO2Si. The molecule has 1 heterocycles. The summed E-state index contributed by atoms with van der Waals surface area (Å²) in [4.78, 5) is 4.59. The molecule has 1 atom stereocenters. The fraction of sp³-hybridized carbons (Fsp3) is 0.643. The molecule has 0 aliphatic rings. The summed E-state index contributed by atoms with van der Waals surface area (Å²) in [5.41, 5.74) is 1.90. The highest BCUT2D eigenvalue weighted by molar-refractivity contribution is 6.88. The number of nitrogens with zero attached hydrogens (tertiary/aromatic N) is 1. The number of rotatable bonds is 4. The van der Waals surface area contributed by atoms with E-state index in [4.69, 9.17) is 4.74 Å². The normalized spacial score (nSPS) is 13.8. The van der Waals surface area contributed by atoms with Crippen LogP contribution in [-0.2, 0) is 0 Å². The minimum absolute atomic E-state index is 0.185. The predicted octanol–water partition coefficient (Wildman–Crippen LogP) is 2.63. The molecule has 1 aromatic heterocycles. The van der Waals surface area contributed by atoms with E-state index in [1.165, 1.54) is 0 Å². The second-order valence-corrected chi connectivity index (χ2v) is 11.2. The largest absolute Gasteiger partial charge is 0.481 e. The number of hydrogen-bond donors (Lipinski definition) is 1. The van der Waals surface area contributed by atoms with E-state index in [0.717, 1.165) is 16.4 Å². The van der Waals surface area contributed by atoms with Gasteiger partial charge in [-0.25, -0.2) is 4.98 Å². The molecule has 0 spiro atoms. The van der Waals surface area contributed by atoms with E-state index >= 15 is 0 Å². The lowest BCUT2D eigenvalue weighted by Gasteiger charge is -2.23. The second-order valence-electron chi connectivity index (χ2n) is 6.17. The Morgan fingerprint density at radius 3 is 2.22 bits per heavy atom. The van der Waals surface area contributed by atoms with Crippen molar-refractivity contribution in [1.29, 1.82) is 0 Å². The molecule has 1 rings (SSSR count). The third-order valence-electron chi connectivity index (χ3n) is 3.18. The van der Waals surface area contributed by atoms with Gasteiger partial charge in [0, 0.05) is 10.9 Å². The van der Waals surface area contributed by atoms with Crippen LogP contribution in [0.4, 0.5) is 0 Å². The zero-order valence-corrected chi connectivity index (χ0v) is 13.5. The van der Waals surface area contributed by atoms with Crippen LogP contribution in [-0.4, -0.2) is 25.3 Å². The molecule has 0 aliphatic carbocycles. The number of hydrogen-bond acceptors (Lipinski definition) is 3. The van der Waals surface area contributed by atoms with Gasteiger partial charge in [-0.3, -0.25) is 0 Å². The fourth-order valence-corrected chi connectivity index (χ4v) is 2.88. The number of aliphatic hydroxyl groups is 1. The van der Waals surface area contributed by atoms with Crippen molar-refractivity contribution in [3.63, 3.8) is 0 Å². The standard InChI is InChI=1S/C14H25NO2Si/c1-9(2)13(16)11-8-12(18(5,6)7)15-14(17-4)10(11)3/h8-9,13,16H,1-7H3. The van der Waals surface area contributed by atoms with Crippen LogP contribution < -0.4 is 10.1 Å². The van der Waals surface area contributed by atoms with Crippen molar-refractivity contribution in [2.75, 3.05) is 7.11 Å². The molecule has 1 aromatic rings. The van der Waals surface area contributed by atoms with Gasteiger partial charge in [0.25, 0.3) is 0 Å². The zero-order valence-electron chi connectivity index (χ0n) is 12.5. The highest BCUT2D eigenvalue weighted by Crippen LogP contribution is 2.28. The lowest BCUT2D eigenvalue weighted by atomic mass is 9.96. The Balaban J connectivity index is 3.41. The van der Waals surface area contributed by atoms with Gasteiger partial charge in [-0.1, -0.05) is 33.5 Å². The minimum atomic E-state index is -1.52. The highest BCUT2D eigenvalue weighted by Gasteiger charge is 2.24. The first-order valence-electron chi connectivity index (χ1n) is 6.42. The van der Waals surface area contributed by atoms with Crippen molar-refractivity contribution < 1.29 is 9.84 Å². The smallest absolute Gasteiger partial charge is 0.216 e. The number of aliphatic hydroxyl groups excluding tert-OH is 1. The summed E-state index contributed by atoms with van der Waals surface area (Å²) < 4.78 is 5.35. The van der Waals surface area contributed by atoms with Crippen molar-refractivity contribution in [3.8, 4) is 5.88 Å². The van der Waals surface area contributed by atoms with Crippen LogP contribution in [0.3, 0.4) is 0 Å². The fourth-order valence-electron chi connectivity index (χ4n) is 1.85. The first kappa shape index (κ1) is 15.2. The van der Waals surface area contributed by atoms with Gasteiger partial charge in [0.05, 0.1) is 13.2 Å². The third kappa shape index (κ3) is 3.12. The average Bonchev–Trinajstić information content (AvgIpc) is 2.26. The second kappa shape index (κ2) is 5.41. The van der Waals surface area contributed by atoms with Crippen LogP contribution in [0, 0.1) is 12.8 Å². The van der Waals surface area contributed by atoms with E-state index < -0.39 is 14.2 Å². The predicted molar refractivity (Wildman–Crippen MR) is 78.3 cm³/mol. The summed E-state index contributed by atoms with van der Waals surface area (Å²) in [6, 6.07) is 2.06. The molecule has 0 radical (unpaired) electrons. The maximum absolute atomic E-state index is 10.3. The summed E-state index contributed by atoms with van der Waals surface area (Å²) >= 11 is 0. The van der Waals surface area contributed by atoms with Gasteiger partial charge in [-0.05, 0) is 24.5 Å². The van der Waals surface area contributed by atoms with Crippen molar-refractivity contribution in [2.45, 2.75) is 46.5 Å². The molecule has 0 amide bonds. The van der Waals surface area contributed by atoms with E-state index in [0.29, 0.717) is 5.88 Å². The number of methoxy groups -OCH3 is 1. The number of aromatic nitrogens is 1. The van der Waals surface area contributed by atoms with Gasteiger partial charge in [0.1, 0.15) is 8.07 Å². The molecule has 0 bridgehead atoms. The molecule has 0 aromatic carbocycles. The highest BCUT2D eigenvalue weighted by atomic mass is 28.3. The molecule has 102 valence electrons. The third-order valence-corrected chi connectivity index (χ3v) is 4.97. The van der Waals surface area contributed by atoms with Crippen LogP contribution in [0.2, 0.25) is 19.6 Å². The molecule has 1 N–H and O–H groups in total. The van der Waals surface area contributed by atoms with Gasteiger partial charge in [-0.15, -0.1) is 0 Å². The van der Waals surface area contributed by atoms with Gasteiger partial charge in [0.15, 0.2) is 0 Å². The Labute approximate surface area is 111 Å². The van der Waals surface area contributed by atoms with Gasteiger partial charge < -0.3 is 9.84 Å². The van der Waals surface area contributed by atoms with Crippen LogP contribution in [0.1, 0.15) is 31.1 Å². The molecule has 1 unspecified atom stereocenters. The van der Waals surface area contributed by atoms with Crippen molar-refractivity contribution in [3.05, 3.63) is 17.2 Å². The Morgan fingerprint density at radius 2 is 1.83 bits per heavy atom. The van der Waals surface area contributed by atoms with E-state index in [1.807, 2.05) is 20.8 Å². The summed E-state index contributed by atoms with van der Waals surface area (Å²) in [6.45, 7) is 12.7. The Hall–Kier alpha value is -0.873. The Morgan fingerprint density at radius 1 is 1.28 bits per heavy atom. The quantitative estimate of drug-likeness (QED) is 0.853. The van der Waals surface area contributed by atoms with Gasteiger partial charge in [0.2, 0.25) is 5.88 Å². The van der Waals surface area contributed by atoms with Crippen LogP contribution in [0.25, 0.3) is 0 Å². The van der Waals surface area contributed by atoms with E-state index in [2.05, 4.69) is 30.7 Å². The maximum Gasteiger partial charge on any atom is 0.216 e. The van der Waals surface area contributed by atoms with Gasteiger partial charge >= 0.3 is 0 Å². The van der Waals surface area contributed by atoms with Crippen LogP contribution >= 0.6 is 0 Å². The monoisotopic (exact) mass is 267 g/mol. The van der Waals surface area contributed by atoms with Gasteiger partial charge in [-0.2, -0.15) is 0 Å². The SMILES string of the molecule is COc1nc([Si](C)(C)C)cc(C(O)C(C)C)c1C. The summed E-state index contributed by atoms with van der Waals surface area (Å²) in [5, 5.41) is 11.4. The van der Waals surface area contributed by atoms with Crippen molar-refractivity contribution in [1.82, 2.24) is 4.98 Å². The summed E-state index contributed by atoms with van der Waals surface area (Å²) in [7, 11) is 0.116. The first-order valence-corrected chi connectivity index (χ1v) is 9.92. The van der Waals surface area contributed by atoms with Crippen LogP contribution in [0.5, 0.6) is 5.88 Å². The Kier molecular flexibility index (Phi) is 4.56. The molecule has 0 fully saturated rings. The van der Waals surface area contributed by atoms with Crippen molar-refractivity contribution in [2.24, 2.45) is 5.92 Å². The zero-order chi connectivity index (χ0) is 14.1. The molecule has 18 heavy (non-hydrogen) atoms. The minimum Gasteiger partial charge on any atom is -0.481 e. The average molecular weight is 267 g/mol. The van der Waals surface area contributed by atoms with Crippen molar-refractivity contribution >= 4 is 13.4 Å². The molecule has 0 saturated heterocycles. The van der Waals surface area contributed by atoms with Crippen LogP contribution in [0.15, 0.2) is 6.07 Å². The first-order chi connectivity index (χ1) is 8.18. The number of pyridine rings is 1. The van der Waals surface area contributed by atoms with E-state index in [1.54, 1.807) is 7.11 Å². The van der Waals surface area contributed by atoms with E-state index in [-0.39, 0.29) is 5.92 Å². The molecule has 0 aliphatic heterocycles. The lowest BCUT2D eigenvalue weighted by molar-refractivity contribution is 0.126.